The molecule has 0 aliphatic carbocycles. The molecule has 0 radical (unpaired) electrons. The summed E-state index contributed by atoms with van der Waals surface area (Å²) in [6.07, 6.45) is 1.64. The lowest BCUT2D eigenvalue weighted by Crippen LogP contribution is -2.13. The van der Waals surface area contributed by atoms with Gasteiger partial charge in [-0.25, -0.2) is 0 Å². The second-order valence-corrected chi connectivity index (χ2v) is 7.57. The van der Waals surface area contributed by atoms with Gasteiger partial charge in [-0.1, -0.05) is 23.7 Å². The molecule has 1 aliphatic rings. The lowest BCUT2D eigenvalue weighted by atomic mass is 10.1. The minimum absolute atomic E-state index is 0.431. The number of hydrogen-bond acceptors (Lipinski definition) is 3. The lowest BCUT2D eigenvalue weighted by molar-refractivity contribution is 0.0999. The zero-order valence-electron chi connectivity index (χ0n) is 16.3. The van der Waals surface area contributed by atoms with Crippen LogP contribution in [0.25, 0.3) is 11.3 Å². The van der Waals surface area contributed by atoms with Crippen molar-refractivity contribution >= 4 is 17.5 Å². The minimum Gasteiger partial charge on any atom is -0.490 e. The molecular weight excluding hydrogens is 388 g/mol. The number of nitrogens with zero attached hydrogens (tertiary/aromatic N) is 1. The van der Waals surface area contributed by atoms with Gasteiger partial charge in [0, 0.05) is 34.9 Å². The fraction of sp³-hybridized carbons (Fsp3) is 0.261. The number of benzene rings is 2. The maximum Gasteiger partial charge on any atom is 0.250 e. The highest BCUT2D eigenvalue weighted by molar-refractivity contribution is 6.30. The van der Waals surface area contributed by atoms with E-state index in [1.165, 1.54) is 0 Å². The number of nitrogens with two attached hydrogens (primary N) is 1. The molecule has 0 spiro atoms. The van der Waals surface area contributed by atoms with Crippen molar-refractivity contribution in [2.24, 2.45) is 5.73 Å². The average Bonchev–Trinajstić information content (AvgIpc) is 2.87. The van der Waals surface area contributed by atoms with E-state index in [9.17, 15) is 4.79 Å². The van der Waals surface area contributed by atoms with Crippen molar-refractivity contribution in [1.29, 1.82) is 0 Å². The summed E-state index contributed by atoms with van der Waals surface area (Å²) in [5.41, 5.74) is 10.0. The molecule has 0 saturated carbocycles. The molecule has 0 atom stereocenters. The molecule has 0 saturated heterocycles. The summed E-state index contributed by atoms with van der Waals surface area (Å²) < 4.78 is 13.7. The third kappa shape index (κ3) is 4.10. The first-order valence-electron chi connectivity index (χ1n) is 9.67. The first-order valence-corrected chi connectivity index (χ1v) is 10.0. The van der Waals surface area contributed by atoms with Crippen LogP contribution < -0.4 is 15.2 Å². The molecule has 4 rings (SSSR count). The number of rotatable bonds is 5. The first kappa shape index (κ1) is 19.4. The summed E-state index contributed by atoms with van der Waals surface area (Å²) in [5.74, 6) is 1.04. The Labute approximate surface area is 175 Å². The predicted molar refractivity (Wildman–Crippen MR) is 114 cm³/mol. The zero-order valence-corrected chi connectivity index (χ0v) is 17.0. The van der Waals surface area contributed by atoms with E-state index in [2.05, 4.69) is 4.57 Å². The Morgan fingerprint density at radius 2 is 1.90 bits per heavy atom. The fourth-order valence-electron chi connectivity index (χ4n) is 3.68. The highest BCUT2D eigenvalue weighted by Crippen LogP contribution is 2.35. The summed E-state index contributed by atoms with van der Waals surface area (Å²) in [6.45, 7) is 3.89. The van der Waals surface area contributed by atoms with E-state index in [0.29, 0.717) is 30.3 Å². The minimum atomic E-state index is -0.431. The van der Waals surface area contributed by atoms with Crippen molar-refractivity contribution in [3.05, 3.63) is 70.4 Å². The molecule has 1 amide bonds. The third-order valence-electron chi connectivity index (χ3n) is 5.19. The highest BCUT2D eigenvalue weighted by Gasteiger charge is 2.19. The van der Waals surface area contributed by atoms with E-state index in [-0.39, 0.29) is 0 Å². The Bertz CT molecular complexity index is 1060. The van der Waals surface area contributed by atoms with Gasteiger partial charge in [-0.05, 0) is 55.3 Å². The summed E-state index contributed by atoms with van der Waals surface area (Å²) >= 11 is 6.12. The monoisotopic (exact) mass is 410 g/mol. The first-order chi connectivity index (χ1) is 14.0. The largest absolute Gasteiger partial charge is 0.490 e. The van der Waals surface area contributed by atoms with Crippen molar-refractivity contribution < 1.29 is 14.3 Å². The van der Waals surface area contributed by atoms with Gasteiger partial charge in [0.25, 0.3) is 5.91 Å². The van der Waals surface area contributed by atoms with Crippen LogP contribution in [0.15, 0.2) is 48.5 Å². The molecule has 2 N–H and O–H groups in total. The van der Waals surface area contributed by atoms with Crippen molar-refractivity contribution in [2.75, 3.05) is 13.2 Å². The van der Waals surface area contributed by atoms with Gasteiger partial charge in [-0.15, -0.1) is 0 Å². The van der Waals surface area contributed by atoms with E-state index in [0.717, 1.165) is 46.9 Å². The molecule has 0 bridgehead atoms. The van der Waals surface area contributed by atoms with E-state index < -0.39 is 5.91 Å². The molecule has 3 aromatic rings. The standard InChI is InChI=1S/C23H23ClN2O3/c1-15-19(23(25)27)14-20(26(15)9-8-16-4-2-5-18(24)12-16)17-6-7-21-22(13-17)29-11-3-10-28-21/h2,4-7,12-14H,3,8-11H2,1H3,(H2,25,27). The molecule has 2 aromatic carbocycles. The van der Waals surface area contributed by atoms with Crippen LogP contribution >= 0.6 is 11.6 Å². The zero-order chi connectivity index (χ0) is 20.4. The number of halogens is 1. The second kappa shape index (κ2) is 8.21. The lowest BCUT2D eigenvalue weighted by Gasteiger charge is -2.14. The number of carbonyl (C=O) groups is 1. The van der Waals surface area contributed by atoms with Crippen LogP contribution in [0.3, 0.4) is 0 Å². The Morgan fingerprint density at radius 3 is 2.66 bits per heavy atom. The van der Waals surface area contributed by atoms with Crippen LogP contribution in [0, 0.1) is 6.92 Å². The number of aryl methyl sites for hydroxylation is 1. The van der Waals surface area contributed by atoms with Crippen LogP contribution in [0.1, 0.15) is 28.0 Å². The maximum atomic E-state index is 12.0. The molecule has 6 heteroatoms. The van der Waals surface area contributed by atoms with E-state index >= 15 is 0 Å². The Balaban J connectivity index is 1.71. The van der Waals surface area contributed by atoms with Crippen LogP contribution in [0.4, 0.5) is 0 Å². The molecule has 5 nitrogen and oxygen atoms in total. The summed E-state index contributed by atoms with van der Waals surface area (Å²) in [4.78, 5) is 12.0. The second-order valence-electron chi connectivity index (χ2n) is 7.14. The van der Waals surface area contributed by atoms with Crippen molar-refractivity contribution in [1.82, 2.24) is 4.57 Å². The Morgan fingerprint density at radius 1 is 1.10 bits per heavy atom. The molecule has 150 valence electrons. The van der Waals surface area contributed by atoms with Crippen LogP contribution in [-0.4, -0.2) is 23.7 Å². The number of primary amides is 1. The highest BCUT2D eigenvalue weighted by atomic mass is 35.5. The van der Waals surface area contributed by atoms with Crippen LogP contribution in [0.2, 0.25) is 5.02 Å². The quantitative estimate of drug-likeness (QED) is 0.667. The van der Waals surface area contributed by atoms with E-state index in [4.69, 9.17) is 26.8 Å². The number of fused-ring (bicyclic) bond motifs is 1. The van der Waals surface area contributed by atoms with Crippen molar-refractivity contribution in [3.63, 3.8) is 0 Å². The number of hydrogen-bond donors (Lipinski definition) is 1. The number of ether oxygens (including phenoxy) is 2. The van der Waals surface area contributed by atoms with Gasteiger partial charge in [0.2, 0.25) is 0 Å². The summed E-state index contributed by atoms with van der Waals surface area (Å²) in [7, 11) is 0. The van der Waals surface area contributed by atoms with Crippen molar-refractivity contribution in [3.8, 4) is 22.8 Å². The molecule has 1 aliphatic heterocycles. The number of carbonyl (C=O) groups excluding carboxylic acids is 1. The molecule has 29 heavy (non-hydrogen) atoms. The Hall–Kier alpha value is -2.92. The summed E-state index contributed by atoms with van der Waals surface area (Å²) in [5, 5.41) is 0.715. The van der Waals surface area contributed by atoms with Gasteiger partial charge < -0.3 is 19.8 Å². The Kier molecular flexibility index (Phi) is 5.49. The average molecular weight is 411 g/mol. The van der Waals surface area contributed by atoms with Gasteiger partial charge >= 0.3 is 0 Å². The molecule has 1 aromatic heterocycles. The molecular formula is C23H23ClN2O3. The maximum absolute atomic E-state index is 12.0. The van der Waals surface area contributed by atoms with Crippen LogP contribution in [0.5, 0.6) is 11.5 Å². The van der Waals surface area contributed by atoms with E-state index in [1.54, 1.807) is 0 Å². The summed E-state index contributed by atoms with van der Waals surface area (Å²) in [6, 6.07) is 15.5. The number of aromatic nitrogens is 1. The SMILES string of the molecule is Cc1c(C(N)=O)cc(-c2ccc3c(c2)OCCCO3)n1CCc1cccc(Cl)c1. The van der Waals surface area contributed by atoms with E-state index in [1.807, 2.05) is 55.5 Å². The predicted octanol–water partition coefficient (Wildman–Crippen LogP) is 4.62. The van der Waals surface area contributed by atoms with Gasteiger partial charge in [-0.2, -0.15) is 0 Å². The fourth-order valence-corrected chi connectivity index (χ4v) is 3.89. The smallest absolute Gasteiger partial charge is 0.250 e. The van der Waals surface area contributed by atoms with Crippen molar-refractivity contribution in [2.45, 2.75) is 26.3 Å². The normalized spacial score (nSPS) is 13.2. The third-order valence-corrected chi connectivity index (χ3v) is 5.42. The van der Waals surface area contributed by atoms with Gasteiger partial charge in [0.1, 0.15) is 0 Å². The van der Waals surface area contributed by atoms with Gasteiger partial charge in [0.05, 0.1) is 18.8 Å². The molecule has 0 fully saturated rings. The molecule has 2 heterocycles. The van der Waals surface area contributed by atoms with Crippen LogP contribution in [-0.2, 0) is 13.0 Å². The van der Waals surface area contributed by atoms with Gasteiger partial charge in [0.15, 0.2) is 11.5 Å². The number of amides is 1. The molecule has 0 unspecified atom stereocenters. The topological polar surface area (TPSA) is 66.5 Å². The van der Waals surface area contributed by atoms with Gasteiger partial charge in [-0.3, -0.25) is 4.79 Å².